The lowest BCUT2D eigenvalue weighted by atomic mass is 10.0. The Kier molecular flexibility index (Phi) is 4.40. The van der Waals surface area contributed by atoms with Crippen LogP contribution in [-0.2, 0) is 4.79 Å². The van der Waals surface area contributed by atoms with Gasteiger partial charge >= 0.3 is 5.97 Å². The predicted octanol–water partition coefficient (Wildman–Crippen LogP) is 3.45. The quantitative estimate of drug-likeness (QED) is 0.874. The highest BCUT2D eigenvalue weighted by Gasteiger charge is 2.35. The third kappa shape index (κ3) is 3.33. The van der Waals surface area contributed by atoms with Gasteiger partial charge in [-0.1, -0.05) is 35.0 Å². The van der Waals surface area contributed by atoms with E-state index >= 15 is 0 Å². The fraction of sp³-hybridized carbons (Fsp3) is 0.500. The van der Waals surface area contributed by atoms with Crippen LogP contribution in [0.2, 0.25) is 0 Å². The van der Waals surface area contributed by atoms with Gasteiger partial charge in [-0.15, -0.1) is 0 Å². The van der Waals surface area contributed by atoms with Gasteiger partial charge in [0, 0.05) is 16.6 Å². The summed E-state index contributed by atoms with van der Waals surface area (Å²) in [5.41, 5.74) is 1.19. The molecule has 1 aliphatic carbocycles. The molecule has 1 aromatic rings. The smallest absolute Gasteiger partial charge is 0.317 e. The van der Waals surface area contributed by atoms with E-state index in [1.807, 2.05) is 12.1 Å². The maximum atomic E-state index is 11.0. The van der Waals surface area contributed by atoms with E-state index in [1.165, 1.54) is 5.56 Å². The van der Waals surface area contributed by atoms with Gasteiger partial charge in [0.1, 0.15) is 0 Å². The van der Waals surface area contributed by atoms with Crippen LogP contribution in [0.15, 0.2) is 28.7 Å². The highest BCUT2D eigenvalue weighted by atomic mass is 79.9. The van der Waals surface area contributed by atoms with Gasteiger partial charge in [-0.05, 0) is 37.0 Å². The lowest BCUT2D eigenvalue weighted by Gasteiger charge is -2.30. The molecule has 1 saturated carbocycles. The van der Waals surface area contributed by atoms with Crippen LogP contribution < -0.4 is 0 Å². The highest BCUT2D eigenvalue weighted by molar-refractivity contribution is 9.10. The molecule has 18 heavy (non-hydrogen) atoms. The van der Waals surface area contributed by atoms with Gasteiger partial charge in [0.15, 0.2) is 0 Å². The van der Waals surface area contributed by atoms with E-state index in [1.54, 1.807) is 0 Å². The lowest BCUT2D eigenvalue weighted by Crippen LogP contribution is -2.35. The minimum Gasteiger partial charge on any atom is -0.480 e. The van der Waals surface area contributed by atoms with Crippen molar-refractivity contribution in [3.8, 4) is 0 Å². The maximum absolute atomic E-state index is 11.0. The number of hydrogen-bond acceptors (Lipinski definition) is 2. The Balaban J connectivity index is 2.21. The van der Waals surface area contributed by atoms with Crippen molar-refractivity contribution in [3.05, 3.63) is 34.3 Å². The van der Waals surface area contributed by atoms with Crippen molar-refractivity contribution >= 4 is 21.9 Å². The number of carboxylic acids is 1. The second-order valence-corrected chi connectivity index (χ2v) is 5.69. The van der Waals surface area contributed by atoms with Gasteiger partial charge in [0.25, 0.3) is 0 Å². The summed E-state index contributed by atoms with van der Waals surface area (Å²) in [4.78, 5) is 13.1. The van der Waals surface area contributed by atoms with E-state index < -0.39 is 5.97 Å². The topological polar surface area (TPSA) is 40.5 Å². The zero-order chi connectivity index (χ0) is 13.1. The second-order valence-electron chi connectivity index (χ2n) is 4.78. The zero-order valence-electron chi connectivity index (χ0n) is 10.5. The van der Waals surface area contributed by atoms with Crippen LogP contribution in [0.5, 0.6) is 0 Å². The van der Waals surface area contributed by atoms with Crippen LogP contribution >= 0.6 is 15.9 Å². The average molecular weight is 312 g/mol. The van der Waals surface area contributed by atoms with Crippen molar-refractivity contribution in [1.82, 2.24) is 4.90 Å². The largest absolute Gasteiger partial charge is 0.480 e. The monoisotopic (exact) mass is 311 g/mol. The van der Waals surface area contributed by atoms with Crippen molar-refractivity contribution in [1.29, 1.82) is 0 Å². The molecule has 1 fully saturated rings. The van der Waals surface area contributed by atoms with Gasteiger partial charge in [-0.3, -0.25) is 9.69 Å². The first-order valence-electron chi connectivity index (χ1n) is 6.34. The first kappa shape index (κ1) is 13.6. The van der Waals surface area contributed by atoms with Crippen LogP contribution in [0.4, 0.5) is 0 Å². The Labute approximate surface area is 116 Å². The highest BCUT2D eigenvalue weighted by Crippen LogP contribution is 2.36. The van der Waals surface area contributed by atoms with E-state index in [-0.39, 0.29) is 12.6 Å². The number of carboxylic acid groups (broad SMARTS) is 1. The van der Waals surface area contributed by atoms with Crippen molar-refractivity contribution < 1.29 is 9.90 Å². The van der Waals surface area contributed by atoms with E-state index in [0.29, 0.717) is 6.04 Å². The van der Waals surface area contributed by atoms with Crippen molar-refractivity contribution in [2.45, 2.75) is 38.3 Å². The molecule has 0 spiro atoms. The Morgan fingerprint density at radius 2 is 2.28 bits per heavy atom. The van der Waals surface area contributed by atoms with Crippen LogP contribution in [0.3, 0.4) is 0 Å². The maximum Gasteiger partial charge on any atom is 0.317 e. The molecule has 98 valence electrons. The normalized spacial score (nSPS) is 16.8. The van der Waals surface area contributed by atoms with E-state index in [4.69, 9.17) is 5.11 Å². The Morgan fingerprint density at radius 1 is 1.56 bits per heavy atom. The molecule has 1 N–H and O–H groups in total. The summed E-state index contributed by atoms with van der Waals surface area (Å²) in [5.74, 6) is -0.740. The van der Waals surface area contributed by atoms with Crippen molar-refractivity contribution in [2.75, 3.05) is 6.54 Å². The van der Waals surface area contributed by atoms with Crippen molar-refractivity contribution in [2.24, 2.45) is 0 Å². The van der Waals surface area contributed by atoms with E-state index in [2.05, 4.69) is 39.9 Å². The number of aliphatic carboxylic acids is 1. The first-order valence-corrected chi connectivity index (χ1v) is 7.14. The van der Waals surface area contributed by atoms with E-state index in [0.717, 1.165) is 23.7 Å². The fourth-order valence-corrected chi connectivity index (χ4v) is 2.85. The number of carbonyl (C=O) groups is 1. The van der Waals surface area contributed by atoms with E-state index in [9.17, 15) is 4.79 Å². The van der Waals surface area contributed by atoms with Crippen LogP contribution in [0, 0.1) is 0 Å². The number of hydrogen-bond donors (Lipinski definition) is 1. The molecule has 1 aromatic carbocycles. The second kappa shape index (κ2) is 5.85. The molecule has 2 rings (SSSR count). The molecule has 4 heteroatoms. The summed E-state index contributed by atoms with van der Waals surface area (Å²) in [6, 6.07) is 8.82. The molecular weight excluding hydrogens is 294 g/mol. The minimum absolute atomic E-state index is 0.135. The number of nitrogens with zero attached hydrogens (tertiary/aromatic N) is 1. The molecule has 1 aliphatic rings. The summed E-state index contributed by atoms with van der Waals surface area (Å²) >= 11 is 3.48. The summed E-state index contributed by atoms with van der Waals surface area (Å²) in [6.07, 6.45) is 3.18. The molecule has 0 aliphatic heterocycles. The first-order chi connectivity index (χ1) is 8.61. The van der Waals surface area contributed by atoms with Crippen LogP contribution in [0.1, 0.15) is 37.8 Å². The standard InChI is InChI=1S/C14H18BrNO2/c1-2-13(10-4-3-5-11(15)8-10)16(9-14(17)18)12-6-7-12/h3-5,8,12-13H,2,6-7,9H2,1H3,(H,17,18). The Bertz CT molecular complexity index is 432. The zero-order valence-corrected chi connectivity index (χ0v) is 12.1. The molecule has 0 heterocycles. The van der Waals surface area contributed by atoms with Crippen LogP contribution in [0.25, 0.3) is 0 Å². The van der Waals surface area contributed by atoms with Gasteiger partial charge in [-0.25, -0.2) is 0 Å². The molecule has 0 aromatic heterocycles. The summed E-state index contributed by atoms with van der Waals surface area (Å²) in [6.45, 7) is 2.25. The molecule has 1 atom stereocenters. The Morgan fingerprint density at radius 3 is 2.78 bits per heavy atom. The molecule has 0 radical (unpaired) electrons. The van der Waals surface area contributed by atoms with Crippen molar-refractivity contribution in [3.63, 3.8) is 0 Å². The third-order valence-corrected chi connectivity index (χ3v) is 3.85. The third-order valence-electron chi connectivity index (χ3n) is 3.35. The molecule has 1 unspecified atom stereocenters. The summed E-state index contributed by atoms with van der Waals surface area (Å²) < 4.78 is 1.05. The van der Waals surface area contributed by atoms with Gasteiger partial charge in [0.2, 0.25) is 0 Å². The summed E-state index contributed by atoms with van der Waals surface area (Å²) in [7, 11) is 0. The Hall–Kier alpha value is -0.870. The number of halogens is 1. The molecule has 0 saturated heterocycles. The average Bonchev–Trinajstić information content (AvgIpc) is 3.12. The number of benzene rings is 1. The lowest BCUT2D eigenvalue weighted by molar-refractivity contribution is -0.139. The van der Waals surface area contributed by atoms with Crippen LogP contribution in [-0.4, -0.2) is 28.6 Å². The number of rotatable bonds is 6. The van der Waals surface area contributed by atoms with Gasteiger partial charge < -0.3 is 5.11 Å². The predicted molar refractivity (Wildman–Crippen MR) is 74.5 cm³/mol. The van der Waals surface area contributed by atoms with Gasteiger partial charge in [-0.2, -0.15) is 0 Å². The molecule has 0 amide bonds. The molecule has 3 nitrogen and oxygen atoms in total. The SMILES string of the molecule is CCC(c1cccc(Br)c1)N(CC(=O)O)C1CC1. The minimum atomic E-state index is -0.740. The molecule has 0 bridgehead atoms. The van der Waals surface area contributed by atoms with Gasteiger partial charge in [0.05, 0.1) is 6.54 Å². The molecular formula is C14H18BrNO2. The summed E-state index contributed by atoms with van der Waals surface area (Å²) in [5, 5.41) is 9.06. The fourth-order valence-electron chi connectivity index (χ4n) is 2.43.